The van der Waals surface area contributed by atoms with E-state index < -0.39 is 54.4 Å². The van der Waals surface area contributed by atoms with Gasteiger partial charge >= 0.3 is 0 Å². The highest BCUT2D eigenvalue weighted by atomic mass is 15.2. The molecule has 0 saturated heterocycles. The van der Waals surface area contributed by atoms with Gasteiger partial charge in [-0.15, -0.1) is 0 Å². The van der Waals surface area contributed by atoms with Crippen LogP contribution in [-0.2, 0) is 0 Å². The fourth-order valence-electron chi connectivity index (χ4n) is 7.68. The molecule has 0 aliphatic carbocycles. The van der Waals surface area contributed by atoms with Crippen molar-refractivity contribution in [1.29, 1.82) is 0 Å². The molecule has 8 aromatic carbocycles. The van der Waals surface area contributed by atoms with Crippen LogP contribution in [0.4, 0.5) is 0 Å². The fraction of sp³-hybridized carbons (Fsp3) is 0. The smallest absolute Gasteiger partial charge is 0.238 e. The molecule has 3 aromatic heterocycles. The van der Waals surface area contributed by atoms with Crippen molar-refractivity contribution in [2.45, 2.75) is 0 Å². The third-order valence-corrected chi connectivity index (χ3v) is 10.1. The van der Waals surface area contributed by atoms with Gasteiger partial charge in [0, 0.05) is 38.4 Å². The number of benzene rings is 8. The lowest BCUT2D eigenvalue weighted by atomic mass is 10.0. The van der Waals surface area contributed by atoms with E-state index in [1.54, 1.807) is 4.57 Å². The maximum absolute atomic E-state index is 9.76. The number of para-hydroxylation sites is 2. The summed E-state index contributed by atoms with van der Waals surface area (Å²) in [6.45, 7) is 0. The fourth-order valence-corrected chi connectivity index (χ4v) is 7.68. The Hall–Kier alpha value is -7.63. The van der Waals surface area contributed by atoms with Crippen molar-refractivity contribution in [1.82, 2.24) is 24.1 Å². The van der Waals surface area contributed by atoms with Crippen LogP contribution in [-0.4, -0.2) is 24.1 Å². The molecule has 0 amide bonds. The minimum absolute atomic E-state index is 0.0737. The van der Waals surface area contributed by atoms with Crippen LogP contribution in [0.2, 0.25) is 0 Å². The highest BCUT2D eigenvalue weighted by Crippen LogP contribution is 2.42. The van der Waals surface area contributed by atoms with E-state index in [0.717, 1.165) is 49.3 Å². The molecule has 3 heterocycles. The standard InChI is InChI=1S/C51H33N5/c1-4-16-34(17-5-1)37-22-14-24-39(32-37)50-52-49(36-20-8-3-9-21-36)53-51(54-50)56-45-29-13-11-27-43(45)47-46(56)31-30-42-41-26-10-12-28-44(41)55(48(42)47)40-25-15-23-38(33-40)35-18-6-2-7-19-35/h1-33H/i2D,6D,7D,15D,18D,19D,23D,25D,33D. The highest BCUT2D eigenvalue weighted by Gasteiger charge is 2.23. The van der Waals surface area contributed by atoms with E-state index in [-0.39, 0.29) is 16.8 Å². The Kier molecular flexibility index (Phi) is 5.57. The van der Waals surface area contributed by atoms with Gasteiger partial charge < -0.3 is 4.57 Å². The number of nitrogens with zero attached hydrogens (tertiary/aromatic N) is 5. The van der Waals surface area contributed by atoms with Crippen LogP contribution < -0.4 is 0 Å². The summed E-state index contributed by atoms with van der Waals surface area (Å²) in [5.41, 5.74) is 5.52. The Morgan fingerprint density at radius 3 is 1.80 bits per heavy atom. The number of rotatable bonds is 6. The zero-order chi connectivity index (χ0) is 44.8. The summed E-state index contributed by atoms with van der Waals surface area (Å²) in [4.78, 5) is 15.4. The minimum Gasteiger partial charge on any atom is -0.309 e. The third kappa shape index (κ3) is 5.21. The summed E-state index contributed by atoms with van der Waals surface area (Å²) >= 11 is 0. The van der Waals surface area contributed by atoms with E-state index in [1.807, 2.05) is 126 Å². The van der Waals surface area contributed by atoms with E-state index in [2.05, 4.69) is 24.3 Å². The van der Waals surface area contributed by atoms with Crippen molar-refractivity contribution >= 4 is 43.6 Å². The normalized spacial score (nSPS) is 13.8. The van der Waals surface area contributed by atoms with Gasteiger partial charge in [0.25, 0.3) is 0 Å². The Morgan fingerprint density at radius 2 is 1.02 bits per heavy atom. The predicted molar refractivity (Wildman–Crippen MR) is 230 cm³/mol. The number of fused-ring (bicyclic) bond motifs is 7. The molecule has 0 bridgehead atoms. The summed E-state index contributed by atoms with van der Waals surface area (Å²) in [6, 6.07) is 42.2. The van der Waals surface area contributed by atoms with Crippen LogP contribution in [0.3, 0.4) is 0 Å². The van der Waals surface area contributed by atoms with Gasteiger partial charge in [-0.3, -0.25) is 4.57 Å². The van der Waals surface area contributed by atoms with Crippen LogP contribution in [0.15, 0.2) is 200 Å². The van der Waals surface area contributed by atoms with Crippen molar-refractivity contribution in [2.75, 3.05) is 0 Å². The molecule has 0 radical (unpaired) electrons. The molecule has 262 valence electrons. The summed E-state index contributed by atoms with van der Waals surface area (Å²) in [5.74, 6) is 1.28. The van der Waals surface area contributed by atoms with E-state index in [0.29, 0.717) is 34.1 Å². The van der Waals surface area contributed by atoms with Gasteiger partial charge in [0.15, 0.2) is 11.6 Å². The molecular weight excluding hydrogens is 683 g/mol. The predicted octanol–water partition coefficient (Wildman–Crippen LogP) is 12.7. The molecule has 0 aliphatic rings. The largest absolute Gasteiger partial charge is 0.309 e. The maximum Gasteiger partial charge on any atom is 0.238 e. The number of hydrogen-bond acceptors (Lipinski definition) is 3. The summed E-state index contributed by atoms with van der Waals surface area (Å²) < 4.78 is 83.6. The van der Waals surface area contributed by atoms with Crippen LogP contribution in [0.5, 0.6) is 0 Å². The van der Waals surface area contributed by atoms with E-state index in [9.17, 15) is 2.74 Å². The van der Waals surface area contributed by atoms with Crippen molar-refractivity contribution in [3.05, 3.63) is 200 Å². The minimum atomic E-state index is -0.630. The van der Waals surface area contributed by atoms with Crippen LogP contribution >= 0.6 is 0 Å². The second-order valence-electron chi connectivity index (χ2n) is 13.4. The van der Waals surface area contributed by atoms with E-state index in [4.69, 9.17) is 24.5 Å². The average Bonchev–Trinajstić information content (AvgIpc) is 3.86. The SMILES string of the molecule is [2H]c1c([2H])c([2H])c(-c2c([2H])c([2H])c([2H])c(-n3c4ccccc4c4ccc5c(c6ccccc6n5-c5nc(-c6ccccc6)nc(-c6cccc(-c7ccccc7)c6)n5)c43)c2[2H])c([2H])c1[2H]. The number of hydrogen-bond donors (Lipinski definition) is 0. The molecule has 0 atom stereocenters. The van der Waals surface area contributed by atoms with Gasteiger partial charge in [-0.1, -0.05) is 164 Å². The first kappa shape index (κ1) is 23.9. The molecular formula is C51H33N5. The lowest BCUT2D eigenvalue weighted by molar-refractivity contribution is 0.953. The second-order valence-corrected chi connectivity index (χ2v) is 13.4. The van der Waals surface area contributed by atoms with Crippen molar-refractivity contribution < 1.29 is 12.3 Å². The first-order valence-corrected chi connectivity index (χ1v) is 18.1. The van der Waals surface area contributed by atoms with Gasteiger partial charge in [0.1, 0.15) is 0 Å². The van der Waals surface area contributed by atoms with Gasteiger partial charge in [0.05, 0.1) is 34.4 Å². The Morgan fingerprint density at radius 1 is 0.393 bits per heavy atom. The van der Waals surface area contributed by atoms with Crippen molar-refractivity contribution in [3.63, 3.8) is 0 Å². The average molecular weight is 725 g/mol. The second kappa shape index (κ2) is 13.0. The Balaban J connectivity index is 1.24. The third-order valence-electron chi connectivity index (χ3n) is 10.1. The van der Waals surface area contributed by atoms with Crippen LogP contribution in [0.1, 0.15) is 12.3 Å². The molecule has 56 heavy (non-hydrogen) atoms. The molecule has 5 heteroatoms. The molecule has 11 rings (SSSR count). The van der Waals surface area contributed by atoms with Crippen LogP contribution in [0.25, 0.3) is 100 Å². The van der Waals surface area contributed by atoms with Gasteiger partial charge in [0.2, 0.25) is 5.95 Å². The van der Waals surface area contributed by atoms with Gasteiger partial charge in [-0.05, 0) is 58.6 Å². The molecule has 0 aliphatic heterocycles. The van der Waals surface area contributed by atoms with Gasteiger partial charge in [-0.2, -0.15) is 9.97 Å². The highest BCUT2D eigenvalue weighted by molar-refractivity contribution is 6.26. The zero-order valence-corrected chi connectivity index (χ0v) is 29.6. The number of aromatic nitrogens is 5. The topological polar surface area (TPSA) is 48.5 Å². The Bertz CT molecular complexity index is 3750. The maximum atomic E-state index is 9.76. The van der Waals surface area contributed by atoms with Gasteiger partial charge in [-0.25, -0.2) is 4.98 Å². The van der Waals surface area contributed by atoms with E-state index in [1.165, 1.54) is 0 Å². The van der Waals surface area contributed by atoms with Crippen molar-refractivity contribution in [2.24, 2.45) is 0 Å². The molecule has 11 aromatic rings. The van der Waals surface area contributed by atoms with Crippen molar-refractivity contribution in [3.8, 4) is 56.7 Å². The van der Waals surface area contributed by atoms with E-state index >= 15 is 0 Å². The van der Waals surface area contributed by atoms with Crippen LogP contribution in [0, 0.1) is 0 Å². The molecule has 0 spiro atoms. The molecule has 0 fully saturated rings. The zero-order valence-electron chi connectivity index (χ0n) is 38.6. The Labute approximate surface area is 336 Å². The summed E-state index contributed by atoms with van der Waals surface area (Å²) in [5, 5.41) is 3.10. The molecule has 0 N–H and O–H groups in total. The summed E-state index contributed by atoms with van der Waals surface area (Å²) in [7, 11) is 0. The lowest BCUT2D eigenvalue weighted by Crippen LogP contribution is -2.06. The quantitative estimate of drug-likeness (QED) is 0.172. The first-order chi connectivity index (χ1) is 31.5. The molecule has 0 saturated carbocycles. The lowest BCUT2D eigenvalue weighted by Gasteiger charge is -2.12. The molecule has 5 nitrogen and oxygen atoms in total. The summed E-state index contributed by atoms with van der Waals surface area (Å²) in [6.07, 6.45) is 0. The first-order valence-electron chi connectivity index (χ1n) is 22.6. The molecule has 0 unspecified atom stereocenters. The monoisotopic (exact) mass is 724 g/mol.